The first-order valence-corrected chi connectivity index (χ1v) is 9.99. The summed E-state index contributed by atoms with van der Waals surface area (Å²) in [7, 11) is 0. The number of hydrogen-bond donors (Lipinski definition) is 3. The van der Waals surface area contributed by atoms with Crippen molar-refractivity contribution in [3.63, 3.8) is 0 Å². The molecular formula is C18H23ClN3S2+. The van der Waals surface area contributed by atoms with E-state index in [1.807, 2.05) is 36.5 Å². The average Bonchev–Trinajstić information content (AvgIpc) is 3.26. The van der Waals surface area contributed by atoms with Crippen LogP contribution in [-0.4, -0.2) is 24.7 Å². The van der Waals surface area contributed by atoms with Crippen molar-refractivity contribution in [2.75, 3.05) is 25.0 Å². The molecular weight excluding hydrogens is 358 g/mol. The Morgan fingerprint density at radius 3 is 2.79 bits per heavy atom. The van der Waals surface area contributed by atoms with E-state index >= 15 is 0 Å². The van der Waals surface area contributed by atoms with E-state index in [-0.39, 0.29) is 0 Å². The second-order valence-electron chi connectivity index (χ2n) is 6.18. The summed E-state index contributed by atoms with van der Waals surface area (Å²) in [5.74, 6) is 0. The molecule has 0 unspecified atom stereocenters. The van der Waals surface area contributed by atoms with E-state index in [0.717, 1.165) is 22.8 Å². The summed E-state index contributed by atoms with van der Waals surface area (Å²) in [5.41, 5.74) is 1.98. The van der Waals surface area contributed by atoms with Gasteiger partial charge in [-0.15, -0.1) is 11.3 Å². The average molecular weight is 381 g/mol. The van der Waals surface area contributed by atoms with Crippen LogP contribution in [0.3, 0.4) is 0 Å². The molecule has 1 saturated heterocycles. The number of halogens is 1. The molecule has 1 atom stereocenters. The molecule has 2 aromatic rings. The van der Waals surface area contributed by atoms with E-state index in [9.17, 15) is 0 Å². The van der Waals surface area contributed by atoms with Gasteiger partial charge in [-0.2, -0.15) is 0 Å². The highest BCUT2D eigenvalue weighted by Crippen LogP contribution is 2.23. The van der Waals surface area contributed by atoms with Gasteiger partial charge in [0.15, 0.2) is 5.11 Å². The van der Waals surface area contributed by atoms with Crippen molar-refractivity contribution in [1.29, 1.82) is 0 Å². The topological polar surface area (TPSA) is 28.5 Å². The normalized spacial score (nSPS) is 16.1. The fourth-order valence-corrected chi connectivity index (χ4v) is 4.47. The molecule has 3 rings (SSSR count). The summed E-state index contributed by atoms with van der Waals surface area (Å²) in [4.78, 5) is 3.09. The first kappa shape index (κ1) is 17.7. The fraction of sp³-hybridized carbons (Fsp3) is 0.389. The van der Waals surface area contributed by atoms with Crippen molar-refractivity contribution >= 4 is 46.0 Å². The van der Waals surface area contributed by atoms with Gasteiger partial charge in [-0.25, -0.2) is 0 Å². The van der Waals surface area contributed by atoms with Crippen molar-refractivity contribution in [1.82, 2.24) is 5.32 Å². The number of thiocarbonyl (C=S) groups is 1. The number of hydrogen-bond acceptors (Lipinski definition) is 2. The molecule has 0 aliphatic carbocycles. The third kappa shape index (κ3) is 4.28. The predicted octanol–water partition coefficient (Wildman–Crippen LogP) is 3.42. The van der Waals surface area contributed by atoms with Crippen LogP contribution >= 0.6 is 35.2 Å². The van der Waals surface area contributed by atoms with E-state index < -0.39 is 0 Å². The van der Waals surface area contributed by atoms with Gasteiger partial charge in [-0.1, -0.05) is 23.7 Å². The summed E-state index contributed by atoms with van der Waals surface area (Å²) in [5, 5.41) is 10.2. The van der Waals surface area contributed by atoms with E-state index in [2.05, 4.69) is 28.1 Å². The van der Waals surface area contributed by atoms with Gasteiger partial charge < -0.3 is 15.5 Å². The quantitative estimate of drug-likeness (QED) is 0.694. The highest BCUT2D eigenvalue weighted by molar-refractivity contribution is 7.80. The molecule has 0 bridgehead atoms. The number of benzene rings is 1. The molecule has 2 heterocycles. The SMILES string of the molecule is Cc1c(Cl)cccc1NC(=S)NC[C@@H](c1cccs1)[NH+]1CCCC1. The smallest absolute Gasteiger partial charge is 0.171 e. The van der Waals surface area contributed by atoms with Crippen molar-refractivity contribution < 1.29 is 4.90 Å². The number of rotatable bonds is 5. The Hall–Kier alpha value is -1.14. The van der Waals surface area contributed by atoms with Crippen LogP contribution in [0.5, 0.6) is 0 Å². The molecule has 1 aromatic carbocycles. The van der Waals surface area contributed by atoms with Crippen LogP contribution in [-0.2, 0) is 0 Å². The Labute approximate surface area is 158 Å². The Balaban J connectivity index is 1.62. The Bertz CT molecular complexity index is 682. The molecule has 0 saturated carbocycles. The van der Waals surface area contributed by atoms with Gasteiger partial charge in [0, 0.05) is 23.6 Å². The van der Waals surface area contributed by atoms with Crippen LogP contribution in [0, 0.1) is 6.92 Å². The van der Waals surface area contributed by atoms with Crippen LogP contribution in [0.15, 0.2) is 35.7 Å². The number of anilines is 1. The van der Waals surface area contributed by atoms with Crippen LogP contribution in [0.1, 0.15) is 29.3 Å². The van der Waals surface area contributed by atoms with E-state index in [0.29, 0.717) is 11.2 Å². The molecule has 0 radical (unpaired) electrons. The minimum Gasteiger partial charge on any atom is -0.356 e. The maximum atomic E-state index is 6.17. The van der Waals surface area contributed by atoms with Gasteiger partial charge in [-0.05, 0) is 48.3 Å². The van der Waals surface area contributed by atoms with E-state index in [1.165, 1.54) is 30.8 Å². The zero-order valence-corrected chi connectivity index (χ0v) is 16.2. The largest absolute Gasteiger partial charge is 0.356 e. The lowest BCUT2D eigenvalue weighted by Gasteiger charge is -2.24. The van der Waals surface area contributed by atoms with Crippen molar-refractivity contribution in [3.8, 4) is 0 Å². The van der Waals surface area contributed by atoms with Gasteiger partial charge in [0.1, 0.15) is 6.04 Å². The Morgan fingerprint density at radius 1 is 1.29 bits per heavy atom. The van der Waals surface area contributed by atoms with Crippen LogP contribution in [0.2, 0.25) is 5.02 Å². The molecule has 3 N–H and O–H groups in total. The number of thiophene rings is 1. The maximum absolute atomic E-state index is 6.17. The van der Waals surface area contributed by atoms with Gasteiger partial charge in [0.25, 0.3) is 0 Å². The fourth-order valence-electron chi connectivity index (χ4n) is 3.22. The second kappa shape index (κ2) is 8.30. The van der Waals surface area contributed by atoms with Crippen LogP contribution in [0.25, 0.3) is 0 Å². The minimum absolute atomic E-state index is 0.465. The molecule has 0 amide bonds. The standard InChI is InChI=1S/C18H22ClN3S2/c1-13-14(19)6-4-7-15(13)21-18(23)20-12-16(17-8-5-11-24-17)22-9-2-3-10-22/h4-8,11,16H,2-3,9-10,12H2,1H3,(H2,20,21,23)/p+1/t16-/m0/s1. The van der Waals surface area contributed by atoms with Crippen molar-refractivity contribution in [2.24, 2.45) is 0 Å². The van der Waals surface area contributed by atoms with Gasteiger partial charge >= 0.3 is 0 Å². The van der Waals surface area contributed by atoms with Crippen molar-refractivity contribution in [2.45, 2.75) is 25.8 Å². The van der Waals surface area contributed by atoms with Crippen LogP contribution < -0.4 is 15.5 Å². The molecule has 1 aliphatic heterocycles. The summed E-state index contributed by atoms with van der Waals surface area (Å²) in [6, 6.07) is 10.7. The highest BCUT2D eigenvalue weighted by Gasteiger charge is 2.28. The maximum Gasteiger partial charge on any atom is 0.171 e. The summed E-state index contributed by atoms with van der Waals surface area (Å²) < 4.78 is 0. The minimum atomic E-state index is 0.465. The van der Waals surface area contributed by atoms with E-state index in [4.69, 9.17) is 23.8 Å². The van der Waals surface area contributed by atoms with Crippen molar-refractivity contribution in [3.05, 3.63) is 51.2 Å². The molecule has 24 heavy (non-hydrogen) atoms. The zero-order chi connectivity index (χ0) is 16.9. The third-order valence-electron chi connectivity index (χ3n) is 4.61. The first-order valence-electron chi connectivity index (χ1n) is 8.33. The number of likely N-dealkylation sites (tertiary alicyclic amines) is 1. The molecule has 0 spiro atoms. The zero-order valence-electron chi connectivity index (χ0n) is 13.8. The highest BCUT2D eigenvalue weighted by atomic mass is 35.5. The Kier molecular flexibility index (Phi) is 6.11. The van der Waals surface area contributed by atoms with Gasteiger partial charge in [-0.3, -0.25) is 0 Å². The Morgan fingerprint density at radius 2 is 2.08 bits per heavy atom. The summed E-state index contributed by atoms with van der Waals surface area (Å²) in [6.45, 7) is 5.34. The molecule has 1 aliphatic rings. The second-order valence-corrected chi connectivity index (χ2v) is 7.98. The molecule has 128 valence electrons. The molecule has 1 aromatic heterocycles. The lowest BCUT2D eigenvalue weighted by molar-refractivity contribution is -0.918. The monoisotopic (exact) mass is 380 g/mol. The lowest BCUT2D eigenvalue weighted by Crippen LogP contribution is -3.11. The number of nitrogens with one attached hydrogen (secondary N) is 3. The van der Waals surface area contributed by atoms with Gasteiger partial charge in [0.2, 0.25) is 0 Å². The van der Waals surface area contributed by atoms with Crippen LogP contribution in [0.4, 0.5) is 5.69 Å². The molecule has 3 nitrogen and oxygen atoms in total. The first-order chi connectivity index (χ1) is 11.6. The van der Waals surface area contributed by atoms with E-state index in [1.54, 1.807) is 4.90 Å². The summed E-state index contributed by atoms with van der Waals surface area (Å²) in [6.07, 6.45) is 2.64. The lowest BCUT2D eigenvalue weighted by atomic mass is 10.2. The summed E-state index contributed by atoms with van der Waals surface area (Å²) >= 11 is 13.5. The third-order valence-corrected chi connectivity index (χ3v) is 6.25. The number of quaternary nitrogens is 1. The van der Waals surface area contributed by atoms with Gasteiger partial charge in [0.05, 0.1) is 24.5 Å². The molecule has 6 heteroatoms. The predicted molar refractivity (Wildman–Crippen MR) is 107 cm³/mol. The molecule has 1 fully saturated rings.